The first kappa shape index (κ1) is 9.98. The van der Waals surface area contributed by atoms with Crippen LogP contribution in [0.5, 0.6) is 0 Å². The minimum atomic E-state index is -0.603. The maximum Gasteiger partial charge on any atom is 0.324 e. The minimum Gasteiger partial charge on any atom is -0.468 e. The van der Waals surface area contributed by atoms with Gasteiger partial charge in [-0.1, -0.05) is 0 Å². The van der Waals surface area contributed by atoms with Gasteiger partial charge in [-0.2, -0.15) is 0 Å². The molecule has 1 rings (SSSR count). The van der Waals surface area contributed by atoms with Gasteiger partial charge in [-0.25, -0.2) is 0 Å². The van der Waals surface area contributed by atoms with Crippen molar-refractivity contribution in [2.75, 3.05) is 20.2 Å². The van der Waals surface area contributed by atoms with Gasteiger partial charge in [0.05, 0.1) is 12.9 Å². The maximum absolute atomic E-state index is 10.9. The van der Waals surface area contributed by atoms with Gasteiger partial charge in [0.2, 0.25) is 0 Å². The molecule has 0 fully saturated rings. The molecule has 1 aliphatic heterocycles. The first-order chi connectivity index (χ1) is 6.24. The Morgan fingerprint density at radius 1 is 1.85 bits per heavy atom. The molecule has 74 valence electrons. The van der Waals surface area contributed by atoms with E-state index in [4.69, 9.17) is 5.73 Å². The Bertz CT molecular complexity index is 215. The van der Waals surface area contributed by atoms with Crippen molar-refractivity contribution in [2.45, 2.75) is 18.9 Å². The summed E-state index contributed by atoms with van der Waals surface area (Å²) in [6.45, 7) is 1.27. The molecule has 5 heteroatoms. The topological polar surface area (TPSA) is 76.7 Å². The highest BCUT2D eigenvalue weighted by Crippen LogP contribution is 2.00. The highest BCUT2D eigenvalue weighted by Gasteiger charge is 2.14. The Labute approximate surface area is 77.3 Å². The lowest BCUT2D eigenvalue weighted by Crippen LogP contribution is -2.42. The van der Waals surface area contributed by atoms with Crippen LogP contribution in [-0.4, -0.2) is 38.0 Å². The Balaban J connectivity index is 2.21. The Morgan fingerprint density at radius 3 is 3.15 bits per heavy atom. The summed E-state index contributed by atoms with van der Waals surface area (Å²) in [4.78, 5) is 15.1. The van der Waals surface area contributed by atoms with Gasteiger partial charge in [-0.15, -0.1) is 0 Å². The van der Waals surface area contributed by atoms with Crippen LogP contribution in [0, 0.1) is 0 Å². The van der Waals surface area contributed by atoms with Gasteiger partial charge in [-0.05, 0) is 6.42 Å². The van der Waals surface area contributed by atoms with Crippen molar-refractivity contribution in [3.63, 3.8) is 0 Å². The van der Waals surface area contributed by atoms with Gasteiger partial charge in [0.25, 0.3) is 0 Å². The molecule has 0 spiro atoms. The van der Waals surface area contributed by atoms with Crippen molar-refractivity contribution >= 4 is 11.8 Å². The van der Waals surface area contributed by atoms with Crippen molar-refractivity contribution in [1.29, 1.82) is 0 Å². The van der Waals surface area contributed by atoms with Crippen LogP contribution < -0.4 is 11.1 Å². The second-order valence-corrected chi connectivity index (χ2v) is 2.94. The molecular formula is C8H15N3O2. The number of carbonyl (C=O) groups is 1. The summed E-state index contributed by atoms with van der Waals surface area (Å²) in [7, 11) is 1.33. The lowest BCUT2D eigenvalue weighted by atomic mass is 10.3. The Morgan fingerprint density at radius 2 is 2.62 bits per heavy atom. The van der Waals surface area contributed by atoms with E-state index < -0.39 is 12.0 Å². The standard InChI is InChI=1S/C8H15N3O2/c1-13-8(12)6(9)5-11-7-3-2-4-10-7/h6H,2-5,9H2,1H3,(H,10,11). The fraction of sp³-hybridized carbons (Fsp3) is 0.750. The quantitative estimate of drug-likeness (QED) is 0.568. The molecule has 3 N–H and O–H groups in total. The number of amidine groups is 1. The van der Waals surface area contributed by atoms with Gasteiger partial charge >= 0.3 is 5.97 Å². The minimum absolute atomic E-state index is 0.394. The van der Waals surface area contributed by atoms with Crippen LogP contribution in [0.2, 0.25) is 0 Å². The highest BCUT2D eigenvalue weighted by molar-refractivity contribution is 5.84. The average Bonchev–Trinajstić information content (AvgIpc) is 2.65. The van der Waals surface area contributed by atoms with E-state index in [9.17, 15) is 4.79 Å². The van der Waals surface area contributed by atoms with Crippen molar-refractivity contribution in [1.82, 2.24) is 5.32 Å². The molecule has 5 nitrogen and oxygen atoms in total. The highest BCUT2D eigenvalue weighted by atomic mass is 16.5. The predicted octanol–water partition coefficient (Wildman–Crippen LogP) is -0.731. The molecule has 0 bridgehead atoms. The number of carbonyl (C=O) groups excluding carboxylic acids is 1. The van der Waals surface area contributed by atoms with E-state index in [2.05, 4.69) is 15.0 Å². The number of aliphatic imine (C=N–C) groups is 1. The Hall–Kier alpha value is -1.10. The van der Waals surface area contributed by atoms with E-state index in [1.165, 1.54) is 7.11 Å². The number of rotatable bonds is 3. The predicted molar refractivity (Wildman–Crippen MR) is 49.5 cm³/mol. The molecular weight excluding hydrogens is 170 g/mol. The van der Waals surface area contributed by atoms with Crippen molar-refractivity contribution < 1.29 is 9.53 Å². The van der Waals surface area contributed by atoms with Gasteiger partial charge in [-0.3, -0.25) is 9.79 Å². The lowest BCUT2D eigenvalue weighted by Gasteiger charge is -2.10. The van der Waals surface area contributed by atoms with E-state index >= 15 is 0 Å². The van der Waals surface area contributed by atoms with Crippen LogP contribution in [0.25, 0.3) is 0 Å². The molecule has 0 radical (unpaired) electrons. The molecule has 0 aromatic heterocycles. The molecule has 1 aliphatic rings. The van der Waals surface area contributed by atoms with Crippen molar-refractivity contribution in [2.24, 2.45) is 10.7 Å². The third kappa shape index (κ3) is 3.02. The number of hydrogen-bond donors (Lipinski definition) is 2. The monoisotopic (exact) mass is 185 g/mol. The van der Waals surface area contributed by atoms with E-state index in [0.717, 1.165) is 25.2 Å². The van der Waals surface area contributed by atoms with Crippen LogP contribution in [0.3, 0.4) is 0 Å². The molecule has 0 aliphatic carbocycles. The summed E-state index contributed by atoms with van der Waals surface area (Å²) in [5.41, 5.74) is 5.51. The van der Waals surface area contributed by atoms with Crippen molar-refractivity contribution in [3.8, 4) is 0 Å². The van der Waals surface area contributed by atoms with E-state index in [1.807, 2.05) is 0 Å². The number of esters is 1. The van der Waals surface area contributed by atoms with Crippen LogP contribution in [0.1, 0.15) is 12.8 Å². The smallest absolute Gasteiger partial charge is 0.324 e. The largest absolute Gasteiger partial charge is 0.468 e. The number of nitrogens with one attached hydrogen (secondary N) is 1. The number of nitrogens with two attached hydrogens (primary N) is 1. The maximum atomic E-state index is 10.9. The number of hydrogen-bond acceptors (Lipinski definition) is 5. The number of methoxy groups -OCH3 is 1. The molecule has 0 saturated carbocycles. The normalized spacial score (nSPS) is 17.8. The van der Waals surface area contributed by atoms with Gasteiger partial charge in [0, 0.05) is 19.5 Å². The summed E-state index contributed by atoms with van der Waals surface area (Å²) in [6.07, 6.45) is 2.03. The molecule has 1 heterocycles. The summed E-state index contributed by atoms with van der Waals surface area (Å²) in [5, 5.41) is 3.02. The van der Waals surface area contributed by atoms with E-state index in [1.54, 1.807) is 0 Å². The van der Waals surface area contributed by atoms with Gasteiger partial charge in [0.1, 0.15) is 6.04 Å². The number of nitrogens with zero attached hydrogens (tertiary/aromatic N) is 1. The molecule has 0 amide bonds. The van der Waals surface area contributed by atoms with Crippen LogP contribution >= 0.6 is 0 Å². The van der Waals surface area contributed by atoms with Crippen LogP contribution in [0.4, 0.5) is 0 Å². The van der Waals surface area contributed by atoms with Crippen LogP contribution in [-0.2, 0) is 9.53 Å². The lowest BCUT2D eigenvalue weighted by molar-refractivity contribution is -0.141. The third-order valence-electron chi connectivity index (χ3n) is 1.90. The molecule has 13 heavy (non-hydrogen) atoms. The summed E-state index contributed by atoms with van der Waals surface area (Å²) < 4.78 is 4.48. The average molecular weight is 185 g/mol. The first-order valence-electron chi connectivity index (χ1n) is 4.34. The fourth-order valence-electron chi connectivity index (χ4n) is 1.15. The van der Waals surface area contributed by atoms with Gasteiger partial charge < -0.3 is 15.8 Å². The van der Waals surface area contributed by atoms with Crippen LogP contribution in [0.15, 0.2) is 4.99 Å². The SMILES string of the molecule is COC(=O)C(N)CNC1=NCCC1. The molecule has 1 unspecified atom stereocenters. The fourth-order valence-corrected chi connectivity index (χ4v) is 1.15. The number of ether oxygens (including phenoxy) is 1. The zero-order valence-electron chi connectivity index (χ0n) is 7.75. The van der Waals surface area contributed by atoms with Gasteiger partial charge in [0.15, 0.2) is 0 Å². The second kappa shape index (κ2) is 4.81. The molecule has 0 aromatic rings. The third-order valence-corrected chi connectivity index (χ3v) is 1.90. The van der Waals surface area contributed by atoms with E-state index in [0.29, 0.717) is 6.54 Å². The zero-order valence-corrected chi connectivity index (χ0v) is 7.75. The molecule has 0 saturated heterocycles. The second-order valence-electron chi connectivity index (χ2n) is 2.94. The zero-order chi connectivity index (χ0) is 9.68. The summed E-state index contributed by atoms with van der Waals surface area (Å²) >= 11 is 0. The first-order valence-corrected chi connectivity index (χ1v) is 4.34. The molecule has 0 aromatic carbocycles. The van der Waals surface area contributed by atoms with E-state index in [-0.39, 0.29) is 0 Å². The summed E-state index contributed by atoms with van der Waals surface area (Å²) in [5.74, 6) is 0.547. The molecule has 1 atom stereocenters. The van der Waals surface area contributed by atoms with Crippen molar-refractivity contribution in [3.05, 3.63) is 0 Å². The summed E-state index contributed by atoms with van der Waals surface area (Å²) in [6, 6.07) is -0.603. The Kier molecular flexibility index (Phi) is 3.70.